The number of amides is 1. The summed E-state index contributed by atoms with van der Waals surface area (Å²) in [6.45, 7) is 0. The summed E-state index contributed by atoms with van der Waals surface area (Å²) in [7, 11) is 1.66. The molecule has 0 aliphatic heterocycles. The van der Waals surface area contributed by atoms with Gasteiger partial charge in [0, 0.05) is 5.56 Å². The molecule has 17 heavy (non-hydrogen) atoms. The van der Waals surface area contributed by atoms with Gasteiger partial charge in [-0.1, -0.05) is 31.0 Å². The SMILES string of the molecule is COc1c(CC(N)=O)cccc1C1CCCC1. The molecule has 1 saturated carbocycles. The van der Waals surface area contributed by atoms with E-state index in [1.54, 1.807) is 7.11 Å². The van der Waals surface area contributed by atoms with E-state index in [-0.39, 0.29) is 12.3 Å². The van der Waals surface area contributed by atoms with Crippen molar-refractivity contribution in [2.75, 3.05) is 7.11 Å². The van der Waals surface area contributed by atoms with Gasteiger partial charge in [-0.3, -0.25) is 4.79 Å². The van der Waals surface area contributed by atoms with Gasteiger partial charge in [0.15, 0.2) is 0 Å². The lowest BCUT2D eigenvalue weighted by atomic mass is 9.93. The van der Waals surface area contributed by atoms with Gasteiger partial charge in [-0.25, -0.2) is 0 Å². The summed E-state index contributed by atoms with van der Waals surface area (Å²) in [5.41, 5.74) is 7.40. The molecule has 0 unspecified atom stereocenters. The fourth-order valence-electron chi connectivity index (χ4n) is 2.74. The molecule has 3 nitrogen and oxygen atoms in total. The number of benzene rings is 1. The highest BCUT2D eigenvalue weighted by atomic mass is 16.5. The van der Waals surface area contributed by atoms with Gasteiger partial charge in [-0.05, 0) is 24.3 Å². The fraction of sp³-hybridized carbons (Fsp3) is 0.500. The molecule has 0 radical (unpaired) electrons. The van der Waals surface area contributed by atoms with Crippen molar-refractivity contribution in [1.29, 1.82) is 0 Å². The predicted molar refractivity (Wildman–Crippen MR) is 67.1 cm³/mol. The Balaban J connectivity index is 2.34. The van der Waals surface area contributed by atoms with Crippen LogP contribution >= 0.6 is 0 Å². The fourth-order valence-corrected chi connectivity index (χ4v) is 2.74. The highest BCUT2D eigenvalue weighted by molar-refractivity contribution is 5.77. The van der Waals surface area contributed by atoms with Gasteiger partial charge in [0.05, 0.1) is 13.5 Å². The van der Waals surface area contributed by atoms with Crippen molar-refractivity contribution in [3.8, 4) is 5.75 Å². The van der Waals surface area contributed by atoms with Crippen LogP contribution in [0.25, 0.3) is 0 Å². The van der Waals surface area contributed by atoms with Crippen LogP contribution in [0.2, 0.25) is 0 Å². The van der Waals surface area contributed by atoms with Crippen LogP contribution in [0.1, 0.15) is 42.7 Å². The van der Waals surface area contributed by atoms with E-state index >= 15 is 0 Å². The molecule has 1 aromatic carbocycles. The maximum Gasteiger partial charge on any atom is 0.221 e. The Morgan fingerprint density at radius 3 is 2.71 bits per heavy atom. The first-order valence-corrected chi connectivity index (χ1v) is 6.16. The average Bonchev–Trinajstić information content (AvgIpc) is 2.81. The van der Waals surface area contributed by atoms with Crippen LogP contribution in [-0.4, -0.2) is 13.0 Å². The van der Waals surface area contributed by atoms with Crippen LogP contribution < -0.4 is 10.5 Å². The molecule has 1 aliphatic rings. The number of methoxy groups -OCH3 is 1. The second kappa shape index (κ2) is 5.21. The van der Waals surface area contributed by atoms with Crippen molar-refractivity contribution in [3.05, 3.63) is 29.3 Å². The predicted octanol–water partition coefficient (Wildman–Crippen LogP) is 2.38. The summed E-state index contributed by atoms with van der Waals surface area (Å²) in [5, 5.41) is 0. The zero-order chi connectivity index (χ0) is 12.3. The number of para-hydroxylation sites is 1. The van der Waals surface area contributed by atoms with Crippen molar-refractivity contribution >= 4 is 5.91 Å². The lowest BCUT2D eigenvalue weighted by Crippen LogP contribution is -2.15. The Hall–Kier alpha value is -1.51. The number of rotatable bonds is 4. The summed E-state index contributed by atoms with van der Waals surface area (Å²) in [4.78, 5) is 11.0. The summed E-state index contributed by atoms with van der Waals surface area (Å²) in [6, 6.07) is 6.02. The van der Waals surface area contributed by atoms with Gasteiger partial charge in [-0.15, -0.1) is 0 Å². The quantitative estimate of drug-likeness (QED) is 0.868. The molecular formula is C14H19NO2. The van der Waals surface area contributed by atoms with Gasteiger partial charge in [0.2, 0.25) is 5.91 Å². The molecule has 92 valence electrons. The minimum atomic E-state index is -0.313. The molecule has 0 atom stereocenters. The van der Waals surface area contributed by atoms with Gasteiger partial charge < -0.3 is 10.5 Å². The van der Waals surface area contributed by atoms with Gasteiger partial charge in [-0.2, -0.15) is 0 Å². The molecule has 1 amide bonds. The van der Waals surface area contributed by atoms with Crippen LogP contribution in [0, 0.1) is 0 Å². The molecular weight excluding hydrogens is 214 g/mol. The number of hydrogen-bond donors (Lipinski definition) is 1. The number of carbonyl (C=O) groups is 1. The normalized spacial score (nSPS) is 16.1. The number of carbonyl (C=O) groups excluding carboxylic acids is 1. The summed E-state index contributed by atoms with van der Waals surface area (Å²) in [6.07, 6.45) is 5.26. The minimum absolute atomic E-state index is 0.254. The molecule has 2 N–H and O–H groups in total. The molecule has 1 aliphatic carbocycles. The highest BCUT2D eigenvalue weighted by Gasteiger charge is 2.22. The van der Waals surface area contributed by atoms with Crippen molar-refractivity contribution in [2.24, 2.45) is 5.73 Å². The van der Waals surface area contributed by atoms with E-state index in [0.29, 0.717) is 5.92 Å². The molecule has 0 aromatic heterocycles. The van der Waals surface area contributed by atoms with Crippen LogP contribution in [-0.2, 0) is 11.2 Å². The number of ether oxygens (including phenoxy) is 1. The third-order valence-corrected chi connectivity index (χ3v) is 3.49. The standard InChI is InChI=1S/C14H19NO2/c1-17-14-11(9-13(15)16)7-4-8-12(14)10-5-2-3-6-10/h4,7-8,10H,2-3,5-6,9H2,1H3,(H2,15,16). The third kappa shape index (κ3) is 2.60. The second-order valence-electron chi connectivity index (χ2n) is 4.66. The average molecular weight is 233 g/mol. The monoisotopic (exact) mass is 233 g/mol. The van der Waals surface area contributed by atoms with E-state index in [4.69, 9.17) is 10.5 Å². The largest absolute Gasteiger partial charge is 0.496 e. The Labute approximate surface area is 102 Å². The molecule has 0 spiro atoms. The van der Waals surface area contributed by atoms with E-state index < -0.39 is 0 Å². The first kappa shape index (κ1) is 12.0. The van der Waals surface area contributed by atoms with E-state index in [1.807, 2.05) is 12.1 Å². The summed E-state index contributed by atoms with van der Waals surface area (Å²) >= 11 is 0. The van der Waals surface area contributed by atoms with Crippen molar-refractivity contribution in [2.45, 2.75) is 38.0 Å². The zero-order valence-electron chi connectivity index (χ0n) is 10.2. The van der Waals surface area contributed by atoms with Crippen molar-refractivity contribution < 1.29 is 9.53 Å². The van der Waals surface area contributed by atoms with Crippen molar-refractivity contribution in [3.63, 3.8) is 0 Å². The highest BCUT2D eigenvalue weighted by Crippen LogP contribution is 2.40. The first-order chi connectivity index (χ1) is 8.22. The van der Waals surface area contributed by atoms with Crippen molar-refractivity contribution in [1.82, 2.24) is 0 Å². The maximum atomic E-state index is 11.0. The Morgan fingerprint density at radius 1 is 1.41 bits per heavy atom. The molecule has 0 saturated heterocycles. The maximum absolute atomic E-state index is 11.0. The third-order valence-electron chi connectivity index (χ3n) is 3.49. The zero-order valence-corrected chi connectivity index (χ0v) is 10.2. The lowest BCUT2D eigenvalue weighted by molar-refractivity contribution is -0.117. The number of nitrogens with two attached hydrogens (primary N) is 1. The van der Waals surface area contributed by atoms with E-state index in [2.05, 4.69) is 6.07 Å². The van der Waals surface area contributed by atoms with Gasteiger partial charge >= 0.3 is 0 Å². The van der Waals surface area contributed by atoms with Gasteiger partial charge in [0.1, 0.15) is 5.75 Å². The molecule has 3 heteroatoms. The number of hydrogen-bond acceptors (Lipinski definition) is 2. The molecule has 0 bridgehead atoms. The first-order valence-electron chi connectivity index (χ1n) is 6.16. The van der Waals surface area contributed by atoms with Crippen LogP contribution in [0.5, 0.6) is 5.75 Å². The summed E-state index contributed by atoms with van der Waals surface area (Å²) in [5.74, 6) is 1.13. The molecule has 1 fully saturated rings. The van der Waals surface area contributed by atoms with Crippen LogP contribution in [0.4, 0.5) is 0 Å². The lowest BCUT2D eigenvalue weighted by Gasteiger charge is -2.17. The molecule has 0 heterocycles. The van der Waals surface area contributed by atoms with E-state index in [9.17, 15) is 4.79 Å². The Bertz CT molecular complexity index is 409. The Kier molecular flexibility index (Phi) is 3.67. The smallest absolute Gasteiger partial charge is 0.221 e. The summed E-state index contributed by atoms with van der Waals surface area (Å²) < 4.78 is 5.48. The minimum Gasteiger partial charge on any atom is -0.496 e. The topological polar surface area (TPSA) is 52.3 Å². The molecule has 2 rings (SSSR count). The number of primary amides is 1. The molecule has 1 aromatic rings. The van der Waals surface area contributed by atoms with E-state index in [0.717, 1.165) is 11.3 Å². The second-order valence-corrected chi connectivity index (χ2v) is 4.66. The van der Waals surface area contributed by atoms with E-state index in [1.165, 1.54) is 31.2 Å². The Morgan fingerprint density at radius 2 is 2.12 bits per heavy atom. The van der Waals surface area contributed by atoms with Crippen LogP contribution in [0.3, 0.4) is 0 Å². The van der Waals surface area contributed by atoms with Gasteiger partial charge in [0.25, 0.3) is 0 Å². The van der Waals surface area contributed by atoms with Crippen LogP contribution in [0.15, 0.2) is 18.2 Å².